The van der Waals surface area contributed by atoms with Crippen LogP contribution < -0.4 is 5.32 Å². The van der Waals surface area contributed by atoms with Crippen LogP contribution in [0.5, 0.6) is 0 Å². The lowest BCUT2D eigenvalue weighted by Crippen LogP contribution is -2.40. The van der Waals surface area contributed by atoms with Crippen LogP contribution in [0.25, 0.3) is 0 Å². The van der Waals surface area contributed by atoms with Gasteiger partial charge in [0.2, 0.25) is 0 Å². The Bertz CT molecular complexity index is 473. The molecule has 20 heavy (non-hydrogen) atoms. The number of hydrogen-bond acceptors (Lipinski definition) is 4. The molecule has 1 aliphatic rings. The van der Waals surface area contributed by atoms with Crippen molar-refractivity contribution in [3.05, 3.63) is 29.6 Å². The molecule has 1 aliphatic heterocycles. The second-order valence-electron chi connectivity index (χ2n) is 4.18. The number of amides is 1. The van der Waals surface area contributed by atoms with E-state index in [1.54, 1.807) is 0 Å². The third-order valence-corrected chi connectivity index (χ3v) is 2.70. The zero-order chi connectivity index (χ0) is 14.6. The summed E-state index contributed by atoms with van der Waals surface area (Å²) >= 11 is 0. The van der Waals surface area contributed by atoms with Crippen molar-refractivity contribution >= 4 is 5.91 Å². The fourth-order valence-electron chi connectivity index (χ4n) is 1.76. The Hall–Kier alpha value is -1.67. The zero-order valence-corrected chi connectivity index (χ0v) is 10.4. The van der Waals surface area contributed by atoms with Gasteiger partial charge in [-0.25, -0.2) is 0 Å². The molecule has 0 bridgehead atoms. The van der Waals surface area contributed by atoms with Crippen molar-refractivity contribution in [2.45, 2.75) is 12.3 Å². The quantitative estimate of drug-likeness (QED) is 0.910. The number of hydrogen-bond donors (Lipinski definition) is 1. The van der Waals surface area contributed by atoms with Crippen LogP contribution in [0.3, 0.4) is 0 Å². The van der Waals surface area contributed by atoms with Crippen molar-refractivity contribution < 1.29 is 27.4 Å². The molecule has 1 aromatic rings. The average Bonchev–Trinajstić information content (AvgIpc) is 2.45. The Morgan fingerprint density at radius 3 is 2.90 bits per heavy atom. The van der Waals surface area contributed by atoms with Gasteiger partial charge in [-0.3, -0.25) is 9.78 Å². The summed E-state index contributed by atoms with van der Waals surface area (Å²) in [6, 6.07) is 1.96. The molecule has 1 aromatic heterocycles. The van der Waals surface area contributed by atoms with Gasteiger partial charge in [-0.2, -0.15) is 13.2 Å². The molecule has 1 fully saturated rings. The number of nitrogens with one attached hydrogen (secondary N) is 1. The number of aromatic nitrogens is 1. The normalized spacial score (nSPS) is 19.6. The largest absolute Gasteiger partial charge is 0.418 e. The Balaban J connectivity index is 2.02. The number of nitrogens with zero attached hydrogens (tertiary/aromatic N) is 1. The maximum atomic E-state index is 12.7. The molecule has 1 atom stereocenters. The number of carbonyl (C=O) groups excluding carboxylic acids is 1. The first-order valence-electron chi connectivity index (χ1n) is 5.98. The van der Waals surface area contributed by atoms with Gasteiger partial charge in [-0.1, -0.05) is 0 Å². The smallest absolute Gasteiger partial charge is 0.376 e. The van der Waals surface area contributed by atoms with E-state index in [0.29, 0.717) is 19.8 Å². The minimum absolute atomic E-state index is 0.0761. The highest BCUT2D eigenvalue weighted by molar-refractivity contribution is 5.93. The van der Waals surface area contributed by atoms with E-state index >= 15 is 0 Å². The minimum atomic E-state index is -4.62. The first-order valence-corrected chi connectivity index (χ1v) is 5.98. The second kappa shape index (κ2) is 6.19. The van der Waals surface area contributed by atoms with E-state index < -0.39 is 23.3 Å². The van der Waals surface area contributed by atoms with Crippen LogP contribution in [-0.2, 0) is 15.7 Å². The second-order valence-corrected chi connectivity index (χ2v) is 4.18. The van der Waals surface area contributed by atoms with Crippen molar-refractivity contribution in [2.24, 2.45) is 0 Å². The summed E-state index contributed by atoms with van der Waals surface area (Å²) in [5, 5.41) is 2.37. The van der Waals surface area contributed by atoms with Gasteiger partial charge >= 0.3 is 6.18 Å². The van der Waals surface area contributed by atoms with E-state index in [4.69, 9.17) is 9.47 Å². The van der Waals surface area contributed by atoms with E-state index in [-0.39, 0.29) is 12.6 Å². The monoisotopic (exact) mass is 290 g/mol. The Labute approximate surface area is 113 Å². The van der Waals surface area contributed by atoms with Gasteiger partial charge in [-0.05, 0) is 12.1 Å². The fraction of sp³-hybridized carbons (Fsp3) is 0.500. The summed E-state index contributed by atoms with van der Waals surface area (Å²) in [6.07, 6.45) is -3.83. The Morgan fingerprint density at radius 1 is 1.45 bits per heavy atom. The number of pyridine rings is 1. The molecule has 0 aromatic carbocycles. The first kappa shape index (κ1) is 14.7. The molecule has 0 radical (unpaired) electrons. The van der Waals surface area contributed by atoms with Gasteiger partial charge in [0.1, 0.15) is 5.69 Å². The summed E-state index contributed by atoms with van der Waals surface area (Å²) in [7, 11) is 0. The number of ether oxygens (including phenoxy) is 2. The fourth-order valence-corrected chi connectivity index (χ4v) is 1.76. The lowest BCUT2D eigenvalue weighted by molar-refractivity contribution is -0.138. The highest BCUT2D eigenvalue weighted by atomic mass is 19.4. The van der Waals surface area contributed by atoms with Gasteiger partial charge in [0.05, 0.1) is 31.5 Å². The molecule has 8 heteroatoms. The van der Waals surface area contributed by atoms with Crippen molar-refractivity contribution in [3.63, 3.8) is 0 Å². The summed E-state index contributed by atoms with van der Waals surface area (Å²) in [5.74, 6) is -0.882. The van der Waals surface area contributed by atoms with Gasteiger partial charge in [0, 0.05) is 12.7 Å². The van der Waals surface area contributed by atoms with Crippen molar-refractivity contribution in [1.29, 1.82) is 0 Å². The topological polar surface area (TPSA) is 60.5 Å². The van der Waals surface area contributed by atoms with E-state index in [1.807, 2.05) is 0 Å². The number of halogens is 3. The molecule has 1 N–H and O–H groups in total. The molecule has 1 amide bonds. The lowest BCUT2D eigenvalue weighted by atomic mass is 10.1. The molecular formula is C12H13F3N2O3. The third-order valence-electron chi connectivity index (χ3n) is 2.70. The Kier molecular flexibility index (Phi) is 4.56. The highest BCUT2D eigenvalue weighted by Crippen LogP contribution is 2.30. The van der Waals surface area contributed by atoms with E-state index in [1.165, 1.54) is 0 Å². The molecule has 0 spiro atoms. The molecule has 2 heterocycles. The van der Waals surface area contributed by atoms with Crippen LogP contribution in [0.4, 0.5) is 13.2 Å². The van der Waals surface area contributed by atoms with E-state index in [2.05, 4.69) is 10.3 Å². The minimum Gasteiger partial charge on any atom is -0.376 e. The molecule has 1 saturated heterocycles. The maximum absolute atomic E-state index is 12.7. The lowest BCUT2D eigenvalue weighted by Gasteiger charge is -2.23. The van der Waals surface area contributed by atoms with Gasteiger partial charge in [-0.15, -0.1) is 0 Å². The van der Waals surface area contributed by atoms with Gasteiger partial charge < -0.3 is 14.8 Å². The predicted molar refractivity (Wildman–Crippen MR) is 62.1 cm³/mol. The average molecular weight is 290 g/mol. The molecular weight excluding hydrogens is 277 g/mol. The molecule has 0 aliphatic carbocycles. The number of alkyl halides is 3. The molecule has 0 saturated carbocycles. The van der Waals surface area contributed by atoms with Crippen LogP contribution in [-0.4, -0.2) is 43.4 Å². The van der Waals surface area contributed by atoms with Crippen molar-refractivity contribution in [2.75, 3.05) is 26.4 Å². The zero-order valence-electron chi connectivity index (χ0n) is 10.4. The predicted octanol–water partition coefficient (Wildman–Crippen LogP) is 1.25. The maximum Gasteiger partial charge on any atom is 0.418 e. The van der Waals surface area contributed by atoms with Crippen LogP contribution in [0.1, 0.15) is 16.1 Å². The summed E-state index contributed by atoms with van der Waals surface area (Å²) in [4.78, 5) is 15.3. The first-order chi connectivity index (χ1) is 9.48. The van der Waals surface area contributed by atoms with Crippen LogP contribution >= 0.6 is 0 Å². The molecule has 5 nitrogen and oxygen atoms in total. The summed E-state index contributed by atoms with van der Waals surface area (Å²) in [6.45, 7) is 1.25. The third kappa shape index (κ3) is 3.67. The van der Waals surface area contributed by atoms with Crippen molar-refractivity contribution in [1.82, 2.24) is 10.3 Å². The number of carbonyl (C=O) groups is 1. The van der Waals surface area contributed by atoms with E-state index in [0.717, 1.165) is 18.3 Å². The SMILES string of the molecule is O=C(NCC1COCCO1)c1ncccc1C(F)(F)F. The van der Waals surface area contributed by atoms with Gasteiger partial charge in [0.25, 0.3) is 5.91 Å². The van der Waals surface area contributed by atoms with Crippen molar-refractivity contribution in [3.8, 4) is 0 Å². The molecule has 2 rings (SSSR count). The molecule has 110 valence electrons. The standard InChI is InChI=1S/C12H13F3N2O3/c13-12(14,15)9-2-1-3-16-10(9)11(18)17-6-8-7-19-4-5-20-8/h1-3,8H,4-7H2,(H,17,18). The van der Waals surface area contributed by atoms with Gasteiger partial charge in [0.15, 0.2) is 0 Å². The molecule has 1 unspecified atom stereocenters. The van der Waals surface area contributed by atoms with Crippen LogP contribution in [0.2, 0.25) is 0 Å². The Morgan fingerprint density at radius 2 is 2.25 bits per heavy atom. The highest BCUT2D eigenvalue weighted by Gasteiger charge is 2.36. The van der Waals surface area contributed by atoms with Crippen LogP contribution in [0, 0.1) is 0 Å². The summed E-state index contributed by atoms with van der Waals surface area (Å²) in [5.41, 5.74) is -1.70. The number of rotatable bonds is 3. The van der Waals surface area contributed by atoms with E-state index in [9.17, 15) is 18.0 Å². The van der Waals surface area contributed by atoms with Crippen LogP contribution in [0.15, 0.2) is 18.3 Å². The summed E-state index contributed by atoms with van der Waals surface area (Å²) < 4.78 is 48.6.